The van der Waals surface area contributed by atoms with Crippen LogP contribution in [0.25, 0.3) is 0 Å². The summed E-state index contributed by atoms with van der Waals surface area (Å²) in [6.07, 6.45) is 9.53. The van der Waals surface area contributed by atoms with E-state index in [4.69, 9.17) is 9.47 Å². The van der Waals surface area contributed by atoms with E-state index < -0.39 is 0 Å². The Kier molecular flexibility index (Phi) is 4.50. The maximum absolute atomic E-state index is 12.4. The molecule has 0 bridgehead atoms. The van der Waals surface area contributed by atoms with E-state index in [0.717, 1.165) is 37.7 Å². The standard InChI is InChI=1S/C20H28O3/c1-13(2)6-5-7-15-12-22-19(21)18-14(3)8-9-17-20(4,23-17)11-10-16(15)18/h6-7,16-18H,3,5,8-12H2,1-2,4H3/b15-7-/t16-,17+,18+,20+/m1/s1. The Balaban J connectivity index is 1.84. The molecule has 3 aliphatic rings. The molecular weight excluding hydrogens is 288 g/mol. The van der Waals surface area contributed by atoms with Crippen molar-refractivity contribution >= 4 is 5.97 Å². The number of rotatable bonds is 2. The molecule has 0 aromatic carbocycles. The van der Waals surface area contributed by atoms with Gasteiger partial charge in [-0.15, -0.1) is 0 Å². The lowest BCUT2D eigenvalue weighted by Gasteiger charge is -2.34. The normalized spacial score (nSPS) is 38.6. The lowest BCUT2D eigenvalue weighted by atomic mass is 9.76. The van der Waals surface area contributed by atoms with Crippen molar-refractivity contribution in [3.05, 3.63) is 35.5 Å². The second-order valence-corrected chi connectivity index (χ2v) is 7.64. The zero-order chi connectivity index (χ0) is 16.6. The number of carbonyl (C=O) groups is 1. The fourth-order valence-corrected chi connectivity index (χ4v) is 3.98. The average molecular weight is 316 g/mol. The maximum Gasteiger partial charge on any atom is 0.313 e. The van der Waals surface area contributed by atoms with Gasteiger partial charge in [-0.05, 0) is 58.4 Å². The second kappa shape index (κ2) is 6.27. The number of fused-ring (bicyclic) bond motifs is 2. The lowest BCUT2D eigenvalue weighted by Crippen LogP contribution is -2.36. The summed E-state index contributed by atoms with van der Waals surface area (Å²) >= 11 is 0. The Morgan fingerprint density at radius 3 is 2.91 bits per heavy atom. The minimum Gasteiger partial charge on any atom is -0.461 e. The average Bonchev–Trinajstić information content (AvgIpc) is 3.13. The van der Waals surface area contributed by atoms with Gasteiger partial charge in [-0.3, -0.25) is 4.79 Å². The molecule has 23 heavy (non-hydrogen) atoms. The van der Waals surface area contributed by atoms with E-state index in [1.165, 1.54) is 11.1 Å². The van der Waals surface area contributed by atoms with E-state index in [1.54, 1.807) is 0 Å². The summed E-state index contributed by atoms with van der Waals surface area (Å²) in [7, 11) is 0. The van der Waals surface area contributed by atoms with Crippen molar-refractivity contribution in [1.82, 2.24) is 0 Å². The first-order valence-corrected chi connectivity index (χ1v) is 8.75. The predicted octanol–water partition coefficient (Wildman–Crippen LogP) is 4.35. The second-order valence-electron chi connectivity index (χ2n) is 7.64. The van der Waals surface area contributed by atoms with Crippen LogP contribution in [0.3, 0.4) is 0 Å². The SMILES string of the molecule is C=C1CC[C@@H]2O[C@@]2(C)CC[C@@H]2/C(=C\CC=C(C)C)COC(=O)[C@@H]12. The Hall–Kier alpha value is -1.35. The minimum absolute atomic E-state index is 0.0154. The summed E-state index contributed by atoms with van der Waals surface area (Å²) in [5, 5.41) is 0. The van der Waals surface area contributed by atoms with Crippen molar-refractivity contribution in [3.63, 3.8) is 0 Å². The van der Waals surface area contributed by atoms with Crippen LogP contribution < -0.4 is 0 Å². The number of allylic oxidation sites excluding steroid dienone is 3. The summed E-state index contributed by atoms with van der Waals surface area (Å²) in [4.78, 5) is 12.4. The fraction of sp³-hybridized carbons (Fsp3) is 0.650. The molecule has 0 aromatic rings. The van der Waals surface area contributed by atoms with Crippen LogP contribution in [0.2, 0.25) is 0 Å². The molecule has 2 aliphatic heterocycles. The molecule has 3 rings (SSSR count). The van der Waals surface area contributed by atoms with Gasteiger partial charge in [0.1, 0.15) is 6.61 Å². The molecule has 1 saturated carbocycles. The van der Waals surface area contributed by atoms with Crippen LogP contribution in [0.1, 0.15) is 52.9 Å². The molecule has 2 heterocycles. The summed E-state index contributed by atoms with van der Waals surface area (Å²) in [5.41, 5.74) is 3.61. The van der Waals surface area contributed by atoms with Gasteiger partial charge in [0.05, 0.1) is 17.6 Å². The van der Waals surface area contributed by atoms with Crippen LogP contribution in [0.5, 0.6) is 0 Å². The molecular formula is C20H28O3. The van der Waals surface area contributed by atoms with E-state index in [2.05, 4.69) is 39.5 Å². The number of esters is 1. The van der Waals surface area contributed by atoms with Crippen LogP contribution in [0.4, 0.5) is 0 Å². The van der Waals surface area contributed by atoms with Gasteiger partial charge in [0.2, 0.25) is 0 Å². The Bertz CT molecular complexity index is 567. The minimum atomic E-state index is -0.164. The number of ether oxygens (including phenoxy) is 2. The van der Waals surface area contributed by atoms with Crippen molar-refractivity contribution in [2.75, 3.05) is 6.61 Å². The molecule has 3 nitrogen and oxygen atoms in total. The highest BCUT2D eigenvalue weighted by Gasteiger charge is 2.53. The molecule has 1 aliphatic carbocycles. The van der Waals surface area contributed by atoms with Gasteiger partial charge in [0.15, 0.2) is 0 Å². The Labute approximate surface area is 139 Å². The number of carbonyl (C=O) groups excluding carboxylic acids is 1. The van der Waals surface area contributed by atoms with Crippen molar-refractivity contribution in [1.29, 1.82) is 0 Å². The van der Waals surface area contributed by atoms with E-state index >= 15 is 0 Å². The number of hydrogen-bond donors (Lipinski definition) is 0. The molecule has 4 atom stereocenters. The number of hydrogen-bond acceptors (Lipinski definition) is 3. The van der Waals surface area contributed by atoms with Crippen LogP contribution in [-0.4, -0.2) is 24.3 Å². The maximum atomic E-state index is 12.4. The van der Waals surface area contributed by atoms with Crippen molar-refractivity contribution < 1.29 is 14.3 Å². The molecule has 0 spiro atoms. The van der Waals surface area contributed by atoms with Crippen molar-refractivity contribution in [2.24, 2.45) is 11.8 Å². The topological polar surface area (TPSA) is 38.8 Å². The molecule has 0 radical (unpaired) electrons. The van der Waals surface area contributed by atoms with E-state index in [9.17, 15) is 4.79 Å². The summed E-state index contributed by atoms with van der Waals surface area (Å²) in [5.74, 6) is -0.0158. The molecule has 0 N–H and O–H groups in total. The third-order valence-electron chi connectivity index (χ3n) is 5.57. The number of cyclic esters (lactones) is 1. The molecule has 2 saturated heterocycles. The predicted molar refractivity (Wildman–Crippen MR) is 91.0 cm³/mol. The molecule has 3 fully saturated rings. The Morgan fingerprint density at radius 1 is 1.39 bits per heavy atom. The Morgan fingerprint density at radius 2 is 2.17 bits per heavy atom. The van der Waals surface area contributed by atoms with Crippen molar-refractivity contribution in [2.45, 2.75) is 64.6 Å². The fourth-order valence-electron chi connectivity index (χ4n) is 3.98. The first-order chi connectivity index (χ1) is 10.9. The molecule has 126 valence electrons. The molecule has 0 amide bonds. The van der Waals surface area contributed by atoms with E-state index in [-0.39, 0.29) is 23.4 Å². The molecule has 0 unspecified atom stereocenters. The zero-order valence-electron chi connectivity index (χ0n) is 14.6. The summed E-state index contributed by atoms with van der Waals surface area (Å²) in [6.45, 7) is 11.1. The van der Waals surface area contributed by atoms with Crippen LogP contribution in [0, 0.1) is 11.8 Å². The monoisotopic (exact) mass is 316 g/mol. The van der Waals surface area contributed by atoms with Gasteiger partial charge in [-0.2, -0.15) is 0 Å². The van der Waals surface area contributed by atoms with Crippen LogP contribution >= 0.6 is 0 Å². The van der Waals surface area contributed by atoms with Gasteiger partial charge >= 0.3 is 5.97 Å². The number of epoxide rings is 1. The molecule has 0 aromatic heterocycles. The highest BCUT2D eigenvalue weighted by Crippen LogP contribution is 2.49. The van der Waals surface area contributed by atoms with Crippen LogP contribution in [-0.2, 0) is 14.3 Å². The summed E-state index contributed by atoms with van der Waals surface area (Å²) in [6, 6.07) is 0. The summed E-state index contributed by atoms with van der Waals surface area (Å²) < 4.78 is 11.4. The highest BCUT2D eigenvalue weighted by molar-refractivity contribution is 5.78. The molecule has 3 heteroatoms. The van der Waals surface area contributed by atoms with Gasteiger partial charge in [-0.25, -0.2) is 0 Å². The van der Waals surface area contributed by atoms with Gasteiger partial charge in [0.25, 0.3) is 0 Å². The first-order valence-electron chi connectivity index (χ1n) is 8.75. The lowest BCUT2D eigenvalue weighted by molar-refractivity contribution is -0.151. The van der Waals surface area contributed by atoms with E-state index in [0.29, 0.717) is 12.7 Å². The largest absolute Gasteiger partial charge is 0.461 e. The third kappa shape index (κ3) is 3.45. The van der Waals surface area contributed by atoms with Gasteiger partial charge < -0.3 is 9.47 Å². The third-order valence-corrected chi connectivity index (χ3v) is 5.57. The smallest absolute Gasteiger partial charge is 0.313 e. The van der Waals surface area contributed by atoms with Crippen molar-refractivity contribution in [3.8, 4) is 0 Å². The van der Waals surface area contributed by atoms with Gasteiger partial charge in [-0.1, -0.05) is 29.9 Å². The highest BCUT2D eigenvalue weighted by atomic mass is 16.6. The zero-order valence-corrected chi connectivity index (χ0v) is 14.6. The quantitative estimate of drug-likeness (QED) is 0.432. The van der Waals surface area contributed by atoms with E-state index in [1.807, 2.05) is 0 Å². The van der Waals surface area contributed by atoms with Gasteiger partial charge in [0, 0.05) is 5.92 Å². The first kappa shape index (κ1) is 16.5. The van der Waals surface area contributed by atoms with Crippen LogP contribution in [0.15, 0.2) is 35.5 Å².